The second-order valence-electron chi connectivity index (χ2n) is 2.91. The topological polar surface area (TPSA) is 79.6 Å². The van der Waals surface area contributed by atoms with Gasteiger partial charge in [0, 0.05) is 18.9 Å². The number of aromatic amines is 1. The fourth-order valence-electron chi connectivity index (χ4n) is 1.14. The third-order valence-corrected chi connectivity index (χ3v) is 1.87. The molecule has 2 aromatic rings. The lowest BCUT2D eigenvalue weighted by Crippen LogP contribution is -2.01. The SMILES string of the molecule is Nc1[nH]ncc1NCc1cccnc1. The molecule has 0 saturated heterocycles. The number of anilines is 2. The van der Waals surface area contributed by atoms with Gasteiger partial charge in [0.25, 0.3) is 0 Å². The largest absolute Gasteiger partial charge is 0.382 e. The van der Waals surface area contributed by atoms with E-state index < -0.39 is 0 Å². The van der Waals surface area contributed by atoms with Gasteiger partial charge in [-0.1, -0.05) is 6.07 Å². The fraction of sp³-hybridized carbons (Fsp3) is 0.111. The van der Waals surface area contributed by atoms with E-state index in [9.17, 15) is 0 Å². The molecule has 0 spiro atoms. The monoisotopic (exact) mass is 189 g/mol. The van der Waals surface area contributed by atoms with Crippen LogP contribution in [0.1, 0.15) is 5.56 Å². The molecule has 5 heteroatoms. The van der Waals surface area contributed by atoms with Crippen LogP contribution in [0.15, 0.2) is 30.7 Å². The van der Waals surface area contributed by atoms with Gasteiger partial charge in [-0.05, 0) is 11.6 Å². The van der Waals surface area contributed by atoms with E-state index in [2.05, 4.69) is 20.5 Å². The molecule has 2 rings (SSSR count). The van der Waals surface area contributed by atoms with Gasteiger partial charge in [-0.15, -0.1) is 0 Å². The van der Waals surface area contributed by atoms with Crippen LogP contribution in [0.2, 0.25) is 0 Å². The highest BCUT2D eigenvalue weighted by Gasteiger charge is 1.99. The van der Waals surface area contributed by atoms with Crippen LogP contribution in [0.3, 0.4) is 0 Å². The van der Waals surface area contributed by atoms with Gasteiger partial charge in [0.2, 0.25) is 0 Å². The second kappa shape index (κ2) is 3.78. The summed E-state index contributed by atoms with van der Waals surface area (Å²) in [4.78, 5) is 4.01. The van der Waals surface area contributed by atoms with Crippen LogP contribution in [-0.4, -0.2) is 15.2 Å². The van der Waals surface area contributed by atoms with E-state index in [0.717, 1.165) is 11.3 Å². The van der Waals surface area contributed by atoms with Crippen molar-refractivity contribution in [2.24, 2.45) is 0 Å². The third-order valence-electron chi connectivity index (χ3n) is 1.87. The minimum absolute atomic E-state index is 0.550. The third kappa shape index (κ3) is 1.82. The Labute approximate surface area is 81.4 Å². The predicted octanol–water partition coefficient (Wildman–Crippen LogP) is 0.999. The number of nitrogen functional groups attached to an aromatic ring is 1. The molecule has 14 heavy (non-hydrogen) atoms. The molecule has 0 aliphatic carbocycles. The Morgan fingerprint density at radius 1 is 1.43 bits per heavy atom. The highest BCUT2D eigenvalue weighted by atomic mass is 15.2. The van der Waals surface area contributed by atoms with Crippen molar-refractivity contribution >= 4 is 11.5 Å². The molecule has 0 radical (unpaired) electrons. The summed E-state index contributed by atoms with van der Waals surface area (Å²) in [6, 6.07) is 3.89. The molecule has 72 valence electrons. The van der Waals surface area contributed by atoms with Crippen LogP contribution in [0.5, 0.6) is 0 Å². The Hall–Kier alpha value is -2.04. The zero-order valence-corrected chi connectivity index (χ0v) is 7.57. The van der Waals surface area contributed by atoms with Crippen molar-refractivity contribution < 1.29 is 0 Å². The maximum Gasteiger partial charge on any atom is 0.142 e. The molecule has 0 saturated carbocycles. The average molecular weight is 189 g/mol. The number of rotatable bonds is 3. The first-order valence-electron chi connectivity index (χ1n) is 4.28. The standard InChI is InChI=1S/C9H11N5/c10-9-8(6-13-14-9)12-5-7-2-1-3-11-4-7/h1-4,6,12H,5H2,(H3,10,13,14). The quantitative estimate of drug-likeness (QED) is 0.673. The van der Waals surface area contributed by atoms with Crippen molar-refractivity contribution in [3.05, 3.63) is 36.3 Å². The Balaban J connectivity index is 1.99. The molecule has 0 atom stereocenters. The maximum atomic E-state index is 5.61. The van der Waals surface area contributed by atoms with Crippen LogP contribution in [0, 0.1) is 0 Å². The fourth-order valence-corrected chi connectivity index (χ4v) is 1.14. The number of hydrogen-bond acceptors (Lipinski definition) is 4. The first-order valence-corrected chi connectivity index (χ1v) is 4.28. The van der Waals surface area contributed by atoms with Gasteiger partial charge in [0.05, 0.1) is 11.9 Å². The lowest BCUT2D eigenvalue weighted by molar-refractivity contribution is 1.10. The van der Waals surface area contributed by atoms with Gasteiger partial charge in [0.15, 0.2) is 0 Å². The van der Waals surface area contributed by atoms with E-state index in [1.807, 2.05) is 18.3 Å². The predicted molar refractivity (Wildman–Crippen MR) is 54.6 cm³/mol. The minimum atomic E-state index is 0.550. The van der Waals surface area contributed by atoms with Crippen molar-refractivity contribution in [3.8, 4) is 0 Å². The van der Waals surface area contributed by atoms with Crippen molar-refractivity contribution in [1.29, 1.82) is 0 Å². The molecule has 0 aromatic carbocycles. The molecule has 0 bridgehead atoms. The molecule has 2 aromatic heterocycles. The van der Waals surface area contributed by atoms with Crippen LogP contribution in [0.4, 0.5) is 11.5 Å². The van der Waals surface area contributed by atoms with E-state index in [4.69, 9.17) is 5.73 Å². The summed E-state index contributed by atoms with van der Waals surface area (Å²) in [7, 11) is 0. The molecule has 0 aliphatic rings. The van der Waals surface area contributed by atoms with Crippen molar-refractivity contribution in [3.63, 3.8) is 0 Å². The lowest BCUT2D eigenvalue weighted by atomic mass is 10.3. The van der Waals surface area contributed by atoms with Gasteiger partial charge >= 0.3 is 0 Å². The zero-order valence-electron chi connectivity index (χ0n) is 7.57. The summed E-state index contributed by atoms with van der Waals surface area (Å²) in [5, 5.41) is 9.61. The zero-order chi connectivity index (χ0) is 9.80. The summed E-state index contributed by atoms with van der Waals surface area (Å²) in [6.45, 7) is 0.692. The highest BCUT2D eigenvalue weighted by molar-refractivity contribution is 5.59. The smallest absolute Gasteiger partial charge is 0.142 e. The average Bonchev–Trinajstić information content (AvgIpc) is 2.63. The van der Waals surface area contributed by atoms with E-state index in [0.29, 0.717) is 12.4 Å². The summed E-state index contributed by atoms with van der Waals surface area (Å²) in [5.74, 6) is 0.550. The Morgan fingerprint density at radius 2 is 2.36 bits per heavy atom. The Morgan fingerprint density at radius 3 is 3.00 bits per heavy atom. The minimum Gasteiger partial charge on any atom is -0.382 e. The molecule has 5 nitrogen and oxygen atoms in total. The lowest BCUT2D eigenvalue weighted by Gasteiger charge is -2.03. The first-order chi connectivity index (χ1) is 6.86. The number of aromatic nitrogens is 3. The summed E-state index contributed by atoms with van der Waals surface area (Å²) in [5.41, 5.74) is 7.53. The van der Waals surface area contributed by atoms with Crippen molar-refractivity contribution in [2.75, 3.05) is 11.1 Å². The van der Waals surface area contributed by atoms with Crippen molar-refractivity contribution in [2.45, 2.75) is 6.54 Å². The normalized spacial score (nSPS) is 10.0. The Bertz CT molecular complexity index is 395. The van der Waals surface area contributed by atoms with Gasteiger partial charge in [-0.25, -0.2) is 0 Å². The number of H-pyrrole nitrogens is 1. The van der Waals surface area contributed by atoms with E-state index in [1.54, 1.807) is 12.4 Å². The van der Waals surface area contributed by atoms with Gasteiger partial charge in [-0.2, -0.15) is 5.10 Å². The molecule has 2 heterocycles. The van der Waals surface area contributed by atoms with Gasteiger partial charge in [0.1, 0.15) is 5.82 Å². The summed E-state index contributed by atoms with van der Waals surface area (Å²) < 4.78 is 0. The van der Waals surface area contributed by atoms with Crippen LogP contribution in [-0.2, 0) is 6.54 Å². The van der Waals surface area contributed by atoms with Crippen LogP contribution < -0.4 is 11.1 Å². The van der Waals surface area contributed by atoms with Gasteiger partial charge < -0.3 is 11.1 Å². The number of pyridine rings is 1. The van der Waals surface area contributed by atoms with Crippen molar-refractivity contribution in [1.82, 2.24) is 15.2 Å². The summed E-state index contributed by atoms with van der Waals surface area (Å²) in [6.07, 6.45) is 5.21. The second-order valence-corrected chi connectivity index (χ2v) is 2.91. The van der Waals surface area contributed by atoms with E-state index in [-0.39, 0.29) is 0 Å². The number of nitrogens with one attached hydrogen (secondary N) is 2. The Kier molecular flexibility index (Phi) is 2.31. The number of nitrogens with zero attached hydrogens (tertiary/aromatic N) is 2. The molecule has 4 N–H and O–H groups in total. The molecule has 0 unspecified atom stereocenters. The molecular weight excluding hydrogens is 178 g/mol. The van der Waals surface area contributed by atoms with Gasteiger partial charge in [-0.3, -0.25) is 10.1 Å². The molecule has 0 fully saturated rings. The number of nitrogens with two attached hydrogens (primary N) is 1. The van der Waals surface area contributed by atoms with E-state index in [1.165, 1.54) is 0 Å². The summed E-state index contributed by atoms with van der Waals surface area (Å²) >= 11 is 0. The molecule has 0 amide bonds. The van der Waals surface area contributed by atoms with Crippen LogP contribution in [0.25, 0.3) is 0 Å². The highest BCUT2D eigenvalue weighted by Crippen LogP contribution is 2.13. The molecular formula is C9H11N5. The first kappa shape index (κ1) is 8.55. The molecule has 0 aliphatic heterocycles. The van der Waals surface area contributed by atoms with E-state index >= 15 is 0 Å². The van der Waals surface area contributed by atoms with Crippen LogP contribution >= 0.6 is 0 Å². The maximum absolute atomic E-state index is 5.61. The number of hydrogen-bond donors (Lipinski definition) is 3.